The predicted molar refractivity (Wildman–Crippen MR) is 147 cm³/mol. The quantitative estimate of drug-likeness (QED) is 0.243. The molecule has 1 aromatic heterocycles. The van der Waals surface area contributed by atoms with Crippen LogP contribution in [0.2, 0.25) is 10.0 Å². The lowest BCUT2D eigenvalue weighted by molar-refractivity contribution is -0.132. The average molecular weight is 564 g/mol. The van der Waals surface area contributed by atoms with Gasteiger partial charge in [0.25, 0.3) is 11.8 Å². The van der Waals surface area contributed by atoms with E-state index in [-0.39, 0.29) is 38.3 Å². The maximum atomic E-state index is 13.0. The topological polar surface area (TPSA) is 119 Å². The molecule has 0 saturated carbocycles. The van der Waals surface area contributed by atoms with Gasteiger partial charge in [0.05, 0.1) is 15.3 Å². The van der Waals surface area contributed by atoms with Crippen molar-refractivity contribution < 1.29 is 23.9 Å². The van der Waals surface area contributed by atoms with Gasteiger partial charge in [0.1, 0.15) is 10.0 Å². The van der Waals surface area contributed by atoms with Crippen LogP contribution < -0.4 is 15.8 Å². The largest absolute Gasteiger partial charge is 0.423 e. The van der Waals surface area contributed by atoms with E-state index in [1.807, 2.05) is 18.7 Å². The first-order valence-corrected chi connectivity index (χ1v) is 13.2. The first kappa shape index (κ1) is 28.4. The van der Waals surface area contributed by atoms with Gasteiger partial charge < -0.3 is 20.7 Å². The van der Waals surface area contributed by atoms with E-state index in [0.29, 0.717) is 22.2 Å². The van der Waals surface area contributed by atoms with E-state index in [1.165, 1.54) is 13.0 Å². The Morgan fingerprint density at radius 3 is 2.22 bits per heavy atom. The van der Waals surface area contributed by atoms with Gasteiger partial charge >= 0.3 is 5.97 Å². The Morgan fingerprint density at radius 1 is 1.08 bits per heavy atom. The van der Waals surface area contributed by atoms with Crippen LogP contribution in [0.1, 0.15) is 66.8 Å². The summed E-state index contributed by atoms with van der Waals surface area (Å²) in [6, 6.07) is 8.43. The third-order valence-corrected chi connectivity index (χ3v) is 7.80. The maximum Gasteiger partial charge on any atom is 0.308 e. The molecule has 0 saturated heterocycles. The van der Waals surface area contributed by atoms with Gasteiger partial charge in [0.2, 0.25) is 5.91 Å². The van der Waals surface area contributed by atoms with E-state index >= 15 is 0 Å². The summed E-state index contributed by atoms with van der Waals surface area (Å²) in [6.07, 6.45) is 1.71. The standard InChI is InChI=1S/C26H27Cl2N3O5S/c1-5-17(6-2)31(13(3)32)12-15-7-9-16(10-8-15)25(35)30-26-20(24(29)34)18-11-19(27)22(36-14(4)33)21(28)23(18)37-26/h7-11,17H,5-6,12H2,1-4H3,(H2,29,34)(H,30,35). The fourth-order valence-corrected chi connectivity index (χ4v) is 5.84. The van der Waals surface area contributed by atoms with Crippen LogP contribution >= 0.6 is 34.5 Å². The highest BCUT2D eigenvalue weighted by molar-refractivity contribution is 7.24. The number of thiophene rings is 1. The van der Waals surface area contributed by atoms with E-state index in [4.69, 9.17) is 33.7 Å². The Labute approximate surface area is 228 Å². The van der Waals surface area contributed by atoms with Gasteiger partial charge in [0, 0.05) is 37.4 Å². The van der Waals surface area contributed by atoms with Crippen molar-refractivity contribution in [3.8, 4) is 5.75 Å². The van der Waals surface area contributed by atoms with Crippen molar-refractivity contribution in [3.05, 3.63) is 57.1 Å². The Bertz CT molecular complexity index is 1370. The molecule has 0 aliphatic carbocycles. The average Bonchev–Trinajstić information content (AvgIpc) is 3.19. The molecule has 37 heavy (non-hydrogen) atoms. The molecule has 0 atom stereocenters. The van der Waals surface area contributed by atoms with Crippen molar-refractivity contribution in [1.29, 1.82) is 0 Å². The number of primary amides is 1. The van der Waals surface area contributed by atoms with Gasteiger partial charge in [0.15, 0.2) is 5.75 Å². The third kappa shape index (κ3) is 6.23. The predicted octanol–water partition coefficient (Wildman–Crippen LogP) is 6.02. The van der Waals surface area contributed by atoms with Crippen LogP contribution in [0.3, 0.4) is 0 Å². The molecule has 3 amide bonds. The molecule has 8 nitrogen and oxygen atoms in total. The number of fused-ring (bicyclic) bond motifs is 1. The van der Waals surface area contributed by atoms with Crippen LogP contribution in [0.5, 0.6) is 5.75 Å². The molecular formula is C26H27Cl2N3O5S. The molecule has 0 aliphatic heterocycles. The minimum atomic E-state index is -0.782. The van der Waals surface area contributed by atoms with Crippen LogP contribution in [-0.2, 0) is 16.1 Å². The molecule has 2 aromatic carbocycles. The number of hydrogen-bond donors (Lipinski definition) is 2. The normalized spacial score (nSPS) is 11.0. The highest BCUT2D eigenvalue weighted by atomic mass is 35.5. The summed E-state index contributed by atoms with van der Waals surface area (Å²) >= 11 is 13.7. The molecule has 3 N–H and O–H groups in total. The van der Waals surface area contributed by atoms with Gasteiger partial charge in [-0.3, -0.25) is 19.2 Å². The summed E-state index contributed by atoms with van der Waals surface area (Å²) in [5.74, 6) is -1.91. The molecule has 0 radical (unpaired) electrons. The molecule has 3 rings (SSSR count). The lowest BCUT2D eigenvalue weighted by Crippen LogP contribution is -2.37. The van der Waals surface area contributed by atoms with Crippen molar-refractivity contribution in [2.24, 2.45) is 5.73 Å². The van der Waals surface area contributed by atoms with Crippen molar-refractivity contribution in [3.63, 3.8) is 0 Å². The third-order valence-electron chi connectivity index (χ3n) is 5.91. The highest BCUT2D eigenvalue weighted by Crippen LogP contribution is 2.46. The van der Waals surface area contributed by atoms with Crippen molar-refractivity contribution in [2.45, 2.75) is 53.1 Å². The van der Waals surface area contributed by atoms with E-state index < -0.39 is 17.8 Å². The van der Waals surface area contributed by atoms with E-state index in [1.54, 1.807) is 31.2 Å². The summed E-state index contributed by atoms with van der Waals surface area (Å²) in [6.45, 7) is 7.29. The van der Waals surface area contributed by atoms with E-state index in [2.05, 4.69) is 5.32 Å². The lowest BCUT2D eigenvalue weighted by atomic mass is 10.1. The first-order valence-electron chi connectivity index (χ1n) is 11.6. The fraction of sp³-hybridized carbons (Fsp3) is 0.308. The molecule has 11 heteroatoms. The molecule has 0 bridgehead atoms. The second-order valence-electron chi connectivity index (χ2n) is 8.41. The molecule has 0 fully saturated rings. The minimum absolute atomic E-state index is 0.00473. The Hall–Kier alpha value is -3.14. The van der Waals surface area contributed by atoms with Crippen LogP contribution in [0, 0.1) is 0 Å². The van der Waals surface area contributed by atoms with E-state index in [0.717, 1.165) is 29.7 Å². The minimum Gasteiger partial charge on any atom is -0.423 e. The molecule has 0 aliphatic rings. The monoisotopic (exact) mass is 563 g/mol. The first-order chi connectivity index (χ1) is 17.5. The molecule has 196 valence electrons. The zero-order valence-corrected chi connectivity index (χ0v) is 23.1. The number of anilines is 1. The van der Waals surface area contributed by atoms with Crippen LogP contribution in [-0.4, -0.2) is 34.6 Å². The second kappa shape index (κ2) is 11.9. The van der Waals surface area contributed by atoms with Crippen LogP contribution in [0.25, 0.3) is 10.1 Å². The number of esters is 1. The number of nitrogens with one attached hydrogen (secondary N) is 1. The summed E-state index contributed by atoms with van der Waals surface area (Å²) < 4.78 is 5.48. The molecular weight excluding hydrogens is 537 g/mol. The maximum absolute atomic E-state index is 13.0. The molecule has 1 heterocycles. The summed E-state index contributed by atoms with van der Waals surface area (Å²) in [5.41, 5.74) is 6.89. The van der Waals surface area contributed by atoms with Gasteiger partial charge in [-0.25, -0.2) is 0 Å². The number of nitrogens with two attached hydrogens (primary N) is 1. The number of nitrogens with zero attached hydrogens (tertiary/aromatic N) is 1. The number of rotatable bonds is 9. The number of ether oxygens (including phenoxy) is 1. The van der Waals surface area contributed by atoms with Gasteiger partial charge in [-0.15, -0.1) is 11.3 Å². The highest BCUT2D eigenvalue weighted by Gasteiger charge is 2.25. The summed E-state index contributed by atoms with van der Waals surface area (Å²) in [5, 5.41) is 3.30. The molecule has 0 spiro atoms. The molecule has 3 aromatic rings. The van der Waals surface area contributed by atoms with Gasteiger partial charge in [-0.2, -0.15) is 0 Å². The second-order valence-corrected chi connectivity index (χ2v) is 10.2. The van der Waals surface area contributed by atoms with E-state index in [9.17, 15) is 19.2 Å². The lowest BCUT2D eigenvalue weighted by Gasteiger charge is -2.29. The SMILES string of the molecule is CCC(CC)N(Cc1ccc(C(=O)Nc2sc3c(Cl)c(OC(C)=O)c(Cl)cc3c2C(N)=O)cc1)C(C)=O. The summed E-state index contributed by atoms with van der Waals surface area (Å²) in [4.78, 5) is 50.7. The fourth-order valence-electron chi connectivity index (χ4n) is 4.08. The zero-order chi connectivity index (χ0) is 27.4. The Morgan fingerprint density at radius 2 is 1.70 bits per heavy atom. The van der Waals surface area contributed by atoms with Gasteiger partial charge in [-0.05, 0) is 36.6 Å². The molecule has 0 unspecified atom stereocenters. The Kier molecular flexibility index (Phi) is 9.17. The number of carbonyl (C=O) groups excluding carboxylic acids is 4. The van der Waals surface area contributed by atoms with Crippen LogP contribution in [0.15, 0.2) is 30.3 Å². The van der Waals surface area contributed by atoms with Crippen LogP contribution in [0.4, 0.5) is 5.00 Å². The Balaban J connectivity index is 1.90. The van der Waals surface area contributed by atoms with Gasteiger partial charge in [-0.1, -0.05) is 49.2 Å². The number of amides is 3. The number of hydrogen-bond acceptors (Lipinski definition) is 6. The van der Waals surface area contributed by atoms with Crippen molar-refractivity contribution >= 4 is 73.3 Å². The number of carbonyl (C=O) groups is 4. The zero-order valence-electron chi connectivity index (χ0n) is 20.8. The van der Waals surface area contributed by atoms with Crippen molar-refractivity contribution in [2.75, 3.05) is 5.32 Å². The smallest absolute Gasteiger partial charge is 0.308 e. The number of benzene rings is 2. The summed E-state index contributed by atoms with van der Waals surface area (Å²) in [7, 11) is 0. The number of halogens is 2. The van der Waals surface area contributed by atoms with Crippen molar-refractivity contribution in [1.82, 2.24) is 4.90 Å².